The topological polar surface area (TPSA) is 73.0 Å². The Morgan fingerprint density at radius 2 is 1.32 bits per heavy atom. The van der Waals surface area contributed by atoms with E-state index in [1.165, 1.54) is 12.8 Å². The minimum Gasteiger partial charge on any atom is -0.367 e. The van der Waals surface area contributed by atoms with E-state index in [9.17, 15) is 14.4 Å². The fourth-order valence-electron chi connectivity index (χ4n) is 6.18. The van der Waals surface area contributed by atoms with Crippen LogP contribution in [0.3, 0.4) is 0 Å². The predicted molar refractivity (Wildman–Crippen MR) is 133 cm³/mol. The van der Waals surface area contributed by atoms with Gasteiger partial charge in [-0.15, -0.1) is 0 Å². The van der Waals surface area contributed by atoms with Crippen LogP contribution in [-0.2, 0) is 9.59 Å². The zero-order valence-electron chi connectivity index (χ0n) is 20.3. The number of nitrogens with zero attached hydrogens (tertiary/aromatic N) is 3. The first-order valence-corrected chi connectivity index (χ1v) is 13.4. The van der Waals surface area contributed by atoms with Crippen molar-refractivity contribution >= 4 is 29.1 Å². The molecule has 0 unspecified atom stereocenters. The average Bonchev–Trinajstić information content (AvgIpc) is 3.66. The van der Waals surface area contributed by atoms with E-state index in [1.807, 2.05) is 28.0 Å². The van der Waals surface area contributed by atoms with Crippen molar-refractivity contribution in [1.29, 1.82) is 0 Å². The van der Waals surface area contributed by atoms with Gasteiger partial charge in [0.05, 0.1) is 5.56 Å². The highest BCUT2D eigenvalue weighted by atomic mass is 16.2. The molecule has 1 N–H and O–H groups in total. The summed E-state index contributed by atoms with van der Waals surface area (Å²) in [6, 6.07) is 5.79. The molecule has 7 nitrogen and oxygen atoms in total. The monoisotopic (exact) mass is 466 g/mol. The summed E-state index contributed by atoms with van der Waals surface area (Å²) in [7, 11) is 0. The second-order valence-corrected chi connectivity index (χ2v) is 10.5. The van der Waals surface area contributed by atoms with Crippen molar-refractivity contribution in [2.75, 3.05) is 49.5 Å². The number of carbonyl (C=O) groups excluding carboxylic acids is 3. The van der Waals surface area contributed by atoms with E-state index in [4.69, 9.17) is 0 Å². The van der Waals surface area contributed by atoms with Crippen molar-refractivity contribution in [3.63, 3.8) is 0 Å². The maximum absolute atomic E-state index is 13.5. The molecule has 184 valence electrons. The summed E-state index contributed by atoms with van der Waals surface area (Å²) in [6.45, 7) is 4.44. The first-order chi connectivity index (χ1) is 16.6. The maximum Gasteiger partial charge on any atom is 0.256 e. The first kappa shape index (κ1) is 23.2. The van der Waals surface area contributed by atoms with E-state index >= 15 is 0 Å². The SMILES string of the molecule is O=C(Nc1ccc(N2CCN(C(=O)C3CCCC3)CC2)c(C(=O)N2CCCC2)c1)C1CCCC1. The number of amides is 3. The zero-order chi connectivity index (χ0) is 23.5. The Morgan fingerprint density at radius 3 is 1.97 bits per heavy atom. The Balaban J connectivity index is 1.31. The minimum atomic E-state index is 0.0499. The van der Waals surface area contributed by atoms with Gasteiger partial charge in [0.2, 0.25) is 11.8 Å². The molecule has 7 heteroatoms. The Kier molecular flexibility index (Phi) is 7.07. The van der Waals surface area contributed by atoms with Gasteiger partial charge in [-0.2, -0.15) is 0 Å². The number of piperazine rings is 1. The molecule has 2 saturated carbocycles. The molecule has 0 spiro atoms. The van der Waals surface area contributed by atoms with E-state index < -0.39 is 0 Å². The number of likely N-dealkylation sites (tertiary alicyclic amines) is 1. The highest BCUT2D eigenvalue weighted by Gasteiger charge is 2.31. The second-order valence-electron chi connectivity index (χ2n) is 10.5. The molecule has 5 rings (SSSR count). The number of rotatable bonds is 5. The normalized spacial score (nSPS) is 21.9. The number of anilines is 2. The first-order valence-electron chi connectivity index (χ1n) is 13.4. The third kappa shape index (κ3) is 4.93. The lowest BCUT2D eigenvalue weighted by Gasteiger charge is -2.38. The molecule has 0 radical (unpaired) electrons. The summed E-state index contributed by atoms with van der Waals surface area (Å²) >= 11 is 0. The van der Waals surface area contributed by atoms with Crippen molar-refractivity contribution in [2.45, 2.75) is 64.2 Å². The summed E-state index contributed by atoms with van der Waals surface area (Å²) in [5.74, 6) is 0.734. The number of hydrogen-bond donors (Lipinski definition) is 1. The van der Waals surface area contributed by atoms with Gasteiger partial charge >= 0.3 is 0 Å². The van der Waals surface area contributed by atoms with Gasteiger partial charge in [0.15, 0.2) is 0 Å². The fraction of sp³-hybridized carbons (Fsp3) is 0.667. The Labute approximate surface area is 202 Å². The molecule has 1 aromatic carbocycles. The molecule has 34 heavy (non-hydrogen) atoms. The Morgan fingerprint density at radius 1 is 0.706 bits per heavy atom. The van der Waals surface area contributed by atoms with Gasteiger partial charge in [-0.25, -0.2) is 0 Å². The van der Waals surface area contributed by atoms with Crippen LogP contribution in [0.4, 0.5) is 11.4 Å². The van der Waals surface area contributed by atoms with Crippen LogP contribution in [0, 0.1) is 11.8 Å². The zero-order valence-corrected chi connectivity index (χ0v) is 20.3. The van der Waals surface area contributed by atoms with E-state index in [0.29, 0.717) is 30.2 Å². The van der Waals surface area contributed by atoms with Crippen LogP contribution in [0.25, 0.3) is 0 Å². The lowest BCUT2D eigenvalue weighted by Crippen LogP contribution is -2.50. The van der Waals surface area contributed by atoms with E-state index in [0.717, 1.165) is 83.2 Å². The third-order valence-corrected chi connectivity index (χ3v) is 8.25. The molecule has 2 aliphatic heterocycles. The van der Waals surface area contributed by atoms with Crippen LogP contribution in [0.1, 0.15) is 74.6 Å². The van der Waals surface area contributed by atoms with Crippen molar-refractivity contribution in [2.24, 2.45) is 11.8 Å². The molecule has 0 atom stereocenters. The second kappa shape index (κ2) is 10.4. The van der Waals surface area contributed by atoms with Crippen LogP contribution in [0.15, 0.2) is 18.2 Å². The van der Waals surface area contributed by atoms with Gasteiger partial charge in [0.25, 0.3) is 5.91 Å². The standard InChI is InChI=1S/C27H38N4O3/c32-25(20-7-1-2-8-20)28-22-11-12-24(23(19-22)27(34)30-13-5-6-14-30)29-15-17-31(18-16-29)26(33)21-9-3-4-10-21/h11-12,19-21H,1-10,13-18H2,(H,28,32). The molecule has 0 aromatic heterocycles. The third-order valence-electron chi connectivity index (χ3n) is 8.25. The highest BCUT2D eigenvalue weighted by molar-refractivity contribution is 6.02. The summed E-state index contributed by atoms with van der Waals surface area (Å²) in [5, 5.41) is 3.07. The molecule has 2 saturated heterocycles. The lowest BCUT2D eigenvalue weighted by atomic mass is 10.0. The number of nitrogens with one attached hydrogen (secondary N) is 1. The molecule has 3 amide bonds. The number of benzene rings is 1. The van der Waals surface area contributed by atoms with Gasteiger partial charge in [0, 0.05) is 62.5 Å². The van der Waals surface area contributed by atoms with Crippen LogP contribution >= 0.6 is 0 Å². The maximum atomic E-state index is 13.5. The van der Waals surface area contributed by atoms with Crippen LogP contribution in [0.2, 0.25) is 0 Å². The van der Waals surface area contributed by atoms with Crippen LogP contribution < -0.4 is 10.2 Å². The number of hydrogen-bond acceptors (Lipinski definition) is 4. The molecule has 2 heterocycles. The van der Waals surface area contributed by atoms with Crippen molar-refractivity contribution in [1.82, 2.24) is 9.80 Å². The van der Waals surface area contributed by atoms with E-state index in [-0.39, 0.29) is 23.7 Å². The molecular formula is C27H38N4O3. The smallest absolute Gasteiger partial charge is 0.256 e. The van der Waals surface area contributed by atoms with Gasteiger partial charge in [-0.05, 0) is 56.7 Å². The van der Waals surface area contributed by atoms with Crippen molar-refractivity contribution in [3.8, 4) is 0 Å². The minimum absolute atomic E-state index is 0.0499. The molecular weight excluding hydrogens is 428 g/mol. The Bertz CT molecular complexity index is 906. The molecule has 4 fully saturated rings. The molecule has 4 aliphatic rings. The van der Waals surface area contributed by atoms with E-state index in [1.54, 1.807) is 0 Å². The summed E-state index contributed by atoms with van der Waals surface area (Å²) in [6.07, 6.45) is 10.6. The quantitative estimate of drug-likeness (QED) is 0.715. The lowest BCUT2D eigenvalue weighted by molar-refractivity contribution is -0.135. The Hall–Kier alpha value is -2.57. The van der Waals surface area contributed by atoms with Crippen molar-refractivity contribution in [3.05, 3.63) is 23.8 Å². The summed E-state index contributed by atoms with van der Waals surface area (Å²) in [5.41, 5.74) is 2.30. The summed E-state index contributed by atoms with van der Waals surface area (Å²) in [4.78, 5) is 45.2. The van der Waals surface area contributed by atoms with Gasteiger partial charge in [0.1, 0.15) is 0 Å². The van der Waals surface area contributed by atoms with Gasteiger partial charge in [-0.3, -0.25) is 14.4 Å². The fourth-order valence-corrected chi connectivity index (χ4v) is 6.18. The molecule has 2 aliphatic carbocycles. The largest absolute Gasteiger partial charge is 0.367 e. The van der Waals surface area contributed by atoms with Crippen LogP contribution in [-0.4, -0.2) is 66.8 Å². The van der Waals surface area contributed by atoms with Crippen molar-refractivity contribution < 1.29 is 14.4 Å². The highest BCUT2D eigenvalue weighted by Crippen LogP contribution is 2.31. The van der Waals surface area contributed by atoms with Crippen LogP contribution in [0.5, 0.6) is 0 Å². The summed E-state index contributed by atoms with van der Waals surface area (Å²) < 4.78 is 0. The van der Waals surface area contributed by atoms with E-state index in [2.05, 4.69) is 10.2 Å². The molecule has 1 aromatic rings. The number of carbonyl (C=O) groups is 3. The van der Waals surface area contributed by atoms with Gasteiger partial charge in [-0.1, -0.05) is 25.7 Å². The molecule has 0 bridgehead atoms. The predicted octanol–water partition coefficient (Wildman–Crippen LogP) is 3.89. The average molecular weight is 467 g/mol. The van der Waals surface area contributed by atoms with Gasteiger partial charge < -0.3 is 20.0 Å².